The van der Waals surface area contributed by atoms with Crippen molar-refractivity contribution in [1.82, 2.24) is 5.32 Å². The van der Waals surface area contributed by atoms with Crippen molar-refractivity contribution < 1.29 is 9.84 Å². The third-order valence-electron chi connectivity index (χ3n) is 7.26. The van der Waals surface area contributed by atoms with Crippen LogP contribution in [0.25, 0.3) is 0 Å². The lowest BCUT2D eigenvalue weighted by Gasteiger charge is -2.57. The highest BCUT2D eigenvalue weighted by molar-refractivity contribution is 5.85. The number of benzene rings is 1. The first-order valence-corrected chi connectivity index (χ1v) is 10.7. The predicted octanol–water partition coefficient (Wildman–Crippen LogP) is 4.70. The minimum atomic E-state index is -0.466. The van der Waals surface area contributed by atoms with Crippen molar-refractivity contribution in [3.8, 4) is 5.75 Å². The number of halogens is 1. The van der Waals surface area contributed by atoms with Gasteiger partial charge in [0.25, 0.3) is 0 Å². The summed E-state index contributed by atoms with van der Waals surface area (Å²) in [6.07, 6.45) is 9.28. The molecule has 0 aliphatic heterocycles. The van der Waals surface area contributed by atoms with Crippen LogP contribution >= 0.6 is 12.4 Å². The summed E-state index contributed by atoms with van der Waals surface area (Å²) >= 11 is 0. The van der Waals surface area contributed by atoms with Crippen LogP contribution in [0.2, 0.25) is 0 Å². The van der Waals surface area contributed by atoms with Gasteiger partial charge in [-0.25, -0.2) is 0 Å². The van der Waals surface area contributed by atoms with Gasteiger partial charge in [-0.1, -0.05) is 19.1 Å². The third kappa shape index (κ3) is 4.63. The lowest BCUT2D eigenvalue weighted by Crippen LogP contribution is -2.48. The monoisotopic (exact) mass is 393 g/mol. The molecule has 1 aromatic rings. The van der Waals surface area contributed by atoms with E-state index < -0.39 is 6.10 Å². The molecule has 0 aromatic heterocycles. The molecule has 1 aromatic carbocycles. The van der Waals surface area contributed by atoms with E-state index in [0.717, 1.165) is 29.9 Å². The maximum Gasteiger partial charge on any atom is 0.119 e. The van der Waals surface area contributed by atoms with E-state index in [-0.39, 0.29) is 12.4 Å². The average Bonchev–Trinajstić information content (AvgIpc) is 2.63. The van der Waals surface area contributed by atoms with E-state index in [1.54, 1.807) is 0 Å². The number of hydrogen-bond donors (Lipinski definition) is 2. The summed E-state index contributed by atoms with van der Waals surface area (Å²) in [5.74, 6) is 3.81. The molecule has 2 atom stereocenters. The van der Waals surface area contributed by atoms with E-state index in [1.807, 2.05) is 0 Å². The van der Waals surface area contributed by atoms with Crippen molar-refractivity contribution in [2.45, 2.75) is 76.4 Å². The number of nitrogens with one attached hydrogen (secondary N) is 1. The van der Waals surface area contributed by atoms with Crippen molar-refractivity contribution in [3.63, 3.8) is 0 Å². The smallest absolute Gasteiger partial charge is 0.119 e. The molecule has 0 heterocycles. The fourth-order valence-electron chi connectivity index (χ4n) is 6.10. The second-order valence-corrected chi connectivity index (χ2v) is 9.40. The Hall–Kier alpha value is -0.770. The van der Waals surface area contributed by atoms with Crippen molar-refractivity contribution in [2.24, 2.45) is 17.8 Å². The summed E-state index contributed by atoms with van der Waals surface area (Å²) in [5, 5.41) is 13.4. The van der Waals surface area contributed by atoms with Crippen LogP contribution in [-0.4, -0.2) is 30.4 Å². The fraction of sp³-hybridized carbons (Fsp3) is 0.739. The summed E-state index contributed by atoms with van der Waals surface area (Å²) in [6, 6.07) is 9.26. The molecule has 2 unspecified atom stereocenters. The van der Waals surface area contributed by atoms with E-state index >= 15 is 0 Å². The molecule has 4 bridgehead atoms. The standard InChI is InChI=1S/C23H35NO2.ClH/c1-3-16(2)24-14-21(25)15-26-22-6-4-20(5-7-22)23-11-17-8-18(12-23)10-19(9-17)13-23;/h4-7,16-19,21,24-25H,3,8-15H2,1-2H3;1H. The van der Waals surface area contributed by atoms with Gasteiger partial charge in [-0.05, 0) is 92.7 Å². The second-order valence-electron chi connectivity index (χ2n) is 9.40. The Labute approximate surface area is 170 Å². The first kappa shape index (κ1) is 21.0. The summed E-state index contributed by atoms with van der Waals surface area (Å²) in [6.45, 7) is 5.21. The number of rotatable bonds is 8. The topological polar surface area (TPSA) is 41.5 Å². The van der Waals surface area contributed by atoms with Gasteiger partial charge in [0.2, 0.25) is 0 Å². The van der Waals surface area contributed by atoms with Crippen molar-refractivity contribution in [1.29, 1.82) is 0 Å². The van der Waals surface area contributed by atoms with E-state index in [1.165, 1.54) is 44.1 Å². The number of hydrogen-bond acceptors (Lipinski definition) is 3. The Morgan fingerprint density at radius 2 is 1.63 bits per heavy atom. The van der Waals surface area contributed by atoms with Crippen LogP contribution < -0.4 is 10.1 Å². The Balaban J connectivity index is 0.00000210. The van der Waals surface area contributed by atoms with Crippen LogP contribution in [0.4, 0.5) is 0 Å². The molecule has 3 nitrogen and oxygen atoms in total. The highest BCUT2D eigenvalue weighted by atomic mass is 35.5. The van der Waals surface area contributed by atoms with Crippen LogP contribution in [-0.2, 0) is 5.41 Å². The van der Waals surface area contributed by atoms with Crippen LogP contribution in [0.3, 0.4) is 0 Å². The zero-order valence-corrected chi connectivity index (χ0v) is 17.6. The van der Waals surface area contributed by atoms with E-state index in [9.17, 15) is 5.11 Å². The van der Waals surface area contributed by atoms with Crippen LogP contribution in [0.1, 0.15) is 64.4 Å². The predicted molar refractivity (Wildman–Crippen MR) is 113 cm³/mol. The second kappa shape index (κ2) is 8.71. The van der Waals surface area contributed by atoms with Gasteiger partial charge in [-0.2, -0.15) is 0 Å². The molecular weight excluding hydrogens is 358 g/mol. The summed E-state index contributed by atoms with van der Waals surface area (Å²) in [5.41, 5.74) is 1.98. The molecule has 4 fully saturated rings. The average molecular weight is 394 g/mol. The summed E-state index contributed by atoms with van der Waals surface area (Å²) in [7, 11) is 0. The lowest BCUT2D eigenvalue weighted by atomic mass is 9.48. The first-order valence-electron chi connectivity index (χ1n) is 10.7. The van der Waals surface area contributed by atoms with Crippen molar-refractivity contribution in [2.75, 3.05) is 13.2 Å². The van der Waals surface area contributed by atoms with Crippen molar-refractivity contribution in [3.05, 3.63) is 29.8 Å². The Bertz CT molecular complexity index is 568. The van der Waals surface area contributed by atoms with Crippen LogP contribution in [0, 0.1) is 17.8 Å². The molecule has 0 radical (unpaired) electrons. The van der Waals surface area contributed by atoms with Gasteiger partial charge in [-0.3, -0.25) is 0 Å². The third-order valence-corrected chi connectivity index (χ3v) is 7.26. The molecule has 4 heteroatoms. The van der Waals surface area contributed by atoms with Gasteiger partial charge in [-0.15, -0.1) is 12.4 Å². The van der Waals surface area contributed by atoms with Crippen LogP contribution in [0.5, 0.6) is 5.75 Å². The molecule has 0 amide bonds. The lowest BCUT2D eigenvalue weighted by molar-refractivity contribution is -0.00521. The van der Waals surface area contributed by atoms with Gasteiger partial charge in [0.15, 0.2) is 0 Å². The zero-order chi connectivity index (χ0) is 18.1. The Morgan fingerprint density at radius 1 is 1.07 bits per heavy atom. The van der Waals surface area contributed by atoms with Gasteiger partial charge < -0.3 is 15.2 Å². The van der Waals surface area contributed by atoms with Gasteiger partial charge in [0, 0.05) is 12.6 Å². The first-order chi connectivity index (χ1) is 12.6. The SMILES string of the molecule is CCC(C)NCC(O)COc1ccc(C23CC4CC(CC(C4)C2)C3)cc1.Cl. The van der Waals surface area contributed by atoms with Crippen molar-refractivity contribution >= 4 is 12.4 Å². The van der Waals surface area contributed by atoms with Gasteiger partial charge >= 0.3 is 0 Å². The largest absolute Gasteiger partial charge is 0.491 e. The molecule has 5 rings (SSSR count). The molecule has 0 saturated heterocycles. The molecule has 4 aliphatic carbocycles. The normalized spacial score (nSPS) is 33.4. The van der Waals surface area contributed by atoms with Crippen LogP contribution in [0.15, 0.2) is 24.3 Å². The quantitative estimate of drug-likeness (QED) is 0.672. The molecular formula is C23H36ClNO2. The maximum atomic E-state index is 10.1. The number of ether oxygens (including phenoxy) is 1. The fourth-order valence-corrected chi connectivity index (χ4v) is 6.10. The van der Waals surface area contributed by atoms with Gasteiger partial charge in [0.1, 0.15) is 18.5 Å². The minimum Gasteiger partial charge on any atom is -0.491 e. The molecule has 2 N–H and O–H groups in total. The molecule has 4 aliphatic rings. The van der Waals surface area contributed by atoms with E-state index in [4.69, 9.17) is 4.74 Å². The van der Waals surface area contributed by atoms with E-state index in [2.05, 4.69) is 43.4 Å². The molecule has 4 saturated carbocycles. The summed E-state index contributed by atoms with van der Waals surface area (Å²) < 4.78 is 5.82. The molecule has 0 spiro atoms. The maximum absolute atomic E-state index is 10.1. The number of aliphatic hydroxyl groups is 1. The van der Waals surface area contributed by atoms with Gasteiger partial charge in [0.05, 0.1) is 0 Å². The molecule has 152 valence electrons. The summed E-state index contributed by atoms with van der Waals surface area (Å²) in [4.78, 5) is 0. The molecule has 27 heavy (non-hydrogen) atoms. The Morgan fingerprint density at radius 3 is 2.15 bits per heavy atom. The minimum absolute atomic E-state index is 0. The Kier molecular flexibility index (Phi) is 6.76. The zero-order valence-electron chi connectivity index (χ0n) is 16.8. The van der Waals surface area contributed by atoms with E-state index in [0.29, 0.717) is 24.6 Å². The number of aliphatic hydroxyl groups excluding tert-OH is 1. The highest BCUT2D eigenvalue weighted by Crippen LogP contribution is 2.60. The highest BCUT2D eigenvalue weighted by Gasteiger charge is 2.51.